The summed E-state index contributed by atoms with van der Waals surface area (Å²) in [6.45, 7) is 0.901. The first-order valence-electron chi connectivity index (χ1n) is 6.02. The molecule has 4 nitrogen and oxygen atoms in total. The predicted octanol–water partition coefficient (Wildman–Crippen LogP) is 3.03. The molecule has 0 radical (unpaired) electrons. The smallest absolute Gasteiger partial charge is 0.261 e. The first-order chi connectivity index (χ1) is 9.83. The molecule has 2 aromatic carbocycles. The van der Waals surface area contributed by atoms with Gasteiger partial charge in [0, 0.05) is 14.8 Å². The molecule has 21 heavy (non-hydrogen) atoms. The van der Waals surface area contributed by atoms with Crippen molar-refractivity contribution in [2.75, 3.05) is 4.72 Å². The summed E-state index contributed by atoms with van der Waals surface area (Å²) < 4.78 is 41.7. The standard InChI is InChI=1S/C14H13FINO3S/c1-9-5-13(6-10(8-18)14(9)15)21(19,20)17-12-4-2-3-11(16)7-12/h2-7,17-18H,8H2,1H3. The zero-order valence-electron chi connectivity index (χ0n) is 11.1. The molecule has 2 rings (SSSR count). The lowest BCUT2D eigenvalue weighted by Crippen LogP contribution is -2.14. The van der Waals surface area contributed by atoms with E-state index in [0.29, 0.717) is 5.69 Å². The molecule has 0 aromatic heterocycles. The number of aliphatic hydroxyl groups is 1. The lowest BCUT2D eigenvalue weighted by atomic mass is 10.1. The summed E-state index contributed by atoms with van der Waals surface area (Å²) in [4.78, 5) is -0.0793. The lowest BCUT2D eigenvalue weighted by molar-refractivity contribution is 0.275. The van der Waals surface area contributed by atoms with E-state index in [1.165, 1.54) is 13.0 Å². The molecule has 2 aromatic rings. The van der Waals surface area contributed by atoms with E-state index < -0.39 is 22.4 Å². The summed E-state index contributed by atoms with van der Waals surface area (Å²) in [5, 5.41) is 9.10. The fourth-order valence-corrected chi connectivity index (χ4v) is 3.57. The molecule has 0 atom stereocenters. The van der Waals surface area contributed by atoms with Crippen molar-refractivity contribution in [3.05, 3.63) is 56.9 Å². The summed E-state index contributed by atoms with van der Waals surface area (Å²) in [7, 11) is -3.83. The molecule has 0 spiro atoms. The van der Waals surface area contributed by atoms with Gasteiger partial charge in [0.15, 0.2) is 0 Å². The van der Waals surface area contributed by atoms with Crippen LogP contribution >= 0.6 is 22.6 Å². The first-order valence-corrected chi connectivity index (χ1v) is 8.58. The van der Waals surface area contributed by atoms with Crippen LogP contribution in [0.4, 0.5) is 10.1 Å². The maximum atomic E-state index is 13.7. The van der Waals surface area contributed by atoms with Gasteiger partial charge in [0.2, 0.25) is 0 Å². The largest absolute Gasteiger partial charge is 0.392 e. The molecule has 0 heterocycles. The summed E-state index contributed by atoms with van der Waals surface area (Å²) in [6.07, 6.45) is 0. The number of nitrogens with one attached hydrogen (secondary N) is 1. The van der Waals surface area contributed by atoms with E-state index in [2.05, 4.69) is 27.3 Å². The Morgan fingerprint density at radius 3 is 2.62 bits per heavy atom. The van der Waals surface area contributed by atoms with Crippen molar-refractivity contribution in [3.8, 4) is 0 Å². The molecule has 0 fully saturated rings. The van der Waals surface area contributed by atoms with Crippen LogP contribution in [-0.4, -0.2) is 13.5 Å². The van der Waals surface area contributed by atoms with Crippen molar-refractivity contribution in [2.45, 2.75) is 18.4 Å². The quantitative estimate of drug-likeness (QED) is 0.747. The van der Waals surface area contributed by atoms with Crippen LogP contribution in [0.1, 0.15) is 11.1 Å². The van der Waals surface area contributed by atoms with E-state index in [-0.39, 0.29) is 16.0 Å². The lowest BCUT2D eigenvalue weighted by Gasteiger charge is -2.11. The number of sulfonamides is 1. The van der Waals surface area contributed by atoms with E-state index in [4.69, 9.17) is 5.11 Å². The molecular formula is C14H13FINO3S. The molecule has 0 unspecified atom stereocenters. The Hall–Kier alpha value is -1.19. The highest BCUT2D eigenvalue weighted by Crippen LogP contribution is 2.22. The molecular weight excluding hydrogens is 408 g/mol. The second-order valence-electron chi connectivity index (χ2n) is 4.49. The van der Waals surface area contributed by atoms with E-state index in [1.54, 1.807) is 18.2 Å². The number of aryl methyl sites for hydroxylation is 1. The van der Waals surface area contributed by atoms with Gasteiger partial charge in [-0.1, -0.05) is 6.07 Å². The number of halogens is 2. The number of anilines is 1. The molecule has 0 saturated carbocycles. The van der Waals surface area contributed by atoms with Gasteiger partial charge in [0.05, 0.1) is 11.5 Å². The highest BCUT2D eigenvalue weighted by Gasteiger charge is 2.18. The molecule has 112 valence electrons. The highest BCUT2D eigenvalue weighted by atomic mass is 127. The number of rotatable bonds is 4. The molecule has 0 amide bonds. The van der Waals surface area contributed by atoms with Crippen molar-refractivity contribution in [3.63, 3.8) is 0 Å². The maximum Gasteiger partial charge on any atom is 0.261 e. The second-order valence-corrected chi connectivity index (χ2v) is 7.42. The van der Waals surface area contributed by atoms with Crippen LogP contribution in [0.15, 0.2) is 41.3 Å². The molecule has 2 N–H and O–H groups in total. The van der Waals surface area contributed by atoms with E-state index >= 15 is 0 Å². The number of hydrogen-bond donors (Lipinski definition) is 2. The highest BCUT2D eigenvalue weighted by molar-refractivity contribution is 14.1. The predicted molar refractivity (Wildman–Crippen MR) is 87.0 cm³/mol. The molecule has 0 bridgehead atoms. The van der Waals surface area contributed by atoms with Crippen molar-refractivity contribution >= 4 is 38.3 Å². The van der Waals surface area contributed by atoms with E-state index in [1.807, 2.05) is 6.07 Å². The zero-order valence-corrected chi connectivity index (χ0v) is 14.1. The Morgan fingerprint density at radius 1 is 1.29 bits per heavy atom. The van der Waals surface area contributed by atoms with Gasteiger partial charge in [-0.25, -0.2) is 12.8 Å². The van der Waals surface area contributed by atoms with Crippen molar-refractivity contribution < 1.29 is 17.9 Å². The Morgan fingerprint density at radius 2 is 2.00 bits per heavy atom. The number of benzene rings is 2. The average molecular weight is 421 g/mol. The van der Waals surface area contributed by atoms with Crippen molar-refractivity contribution in [1.29, 1.82) is 0 Å². The minimum absolute atomic E-state index is 0.0435. The van der Waals surface area contributed by atoms with Crippen molar-refractivity contribution in [1.82, 2.24) is 0 Å². The summed E-state index contributed by atoms with van der Waals surface area (Å²) >= 11 is 2.08. The molecule has 7 heteroatoms. The fraction of sp³-hybridized carbons (Fsp3) is 0.143. The van der Waals surface area contributed by atoms with Crippen LogP contribution in [0.25, 0.3) is 0 Å². The maximum absolute atomic E-state index is 13.7. The normalized spacial score (nSPS) is 11.4. The summed E-state index contributed by atoms with van der Waals surface area (Å²) in [5.74, 6) is -0.592. The minimum atomic E-state index is -3.83. The van der Waals surface area contributed by atoms with Gasteiger partial charge in [0.25, 0.3) is 10.0 Å². The summed E-state index contributed by atoms with van der Waals surface area (Å²) in [6, 6.07) is 9.26. The van der Waals surface area contributed by atoms with Crippen molar-refractivity contribution in [2.24, 2.45) is 0 Å². The second kappa shape index (κ2) is 6.29. The Labute approximate surface area is 136 Å². The van der Waals surface area contributed by atoms with Gasteiger partial charge in [-0.05, 0) is 65.4 Å². The Balaban J connectivity index is 2.42. The molecule has 0 aliphatic carbocycles. The van der Waals surface area contributed by atoms with Crippen LogP contribution in [0.2, 0.25) is 0 Å². The molecule has 0 aliphatic heterocycles. The summed E-state index contributed by atoms with van der Waals surface area (Å²) in [5.41, 5.74) is 0.553. The Kier molecular flexibility index (Phi) is 4.84. The fourth-order valence-electron chi connectivity index (χ4n) is 1.84. The van der Waals surface area contributed by atoms with Gasteiger partial charge in [0.1, 0.15) is 5.82 Å². The minimum Gasteiger partial charge on any atom is -0.392 e. The van der Waals surface area contributed by atoms with Crippen LogP contribution in [0.5, 0.6) is 0 Å². The van der Waals surface area contributed by atoms with Gasteiger partial charge < -0.3 is 5.11 Å². The Bertz CT molecular complexity index is 778. The topological polar surface area (TPSA) is 66.4 Å². The zero-order chi connectivity index (χ0) is 15.6. The third kappa shape index (κ3) is 3.72. The van der Waals surface area contributed by atoms with Gasteiger partial charge in [-0.3, -0.25) is 4.72 Å². The third-order valence-corrected chi connectivity index (χ3v) is 4.89. The van der Waals surface area contributed by atoms with E-state index in [0.717, 1.165) is 9.64 Å². The van der Waals surface area contributed by atoms with E-state index in [9.17, 15) is 12.8 Å². The van der Waals surface area contributed by atoms with Crippen LogP contribution in [0, 0.1) is 16.3 Å². The molecule has 0 aliphatic rings. The average Bonchev–Trinajstić information content (AvgIpc) is 2.41. The monoisotopic (exact) mass is 421 g/mol. The van der Waals surface area contributed by atoms with Crippen LogP contribution in [0.3, 0.4) is 0 Å². The van der Waals surface area contributed by atoms with Crippen LogP contribution < -0.4 is 4.72 Å². The number of hydrogen-bond acceptors (Lipinski definition) is 3. The first kappa shape index (κ1) is 16.2. The number of aliphatic hydroxyl groups excluding tert-OH is 1. The van der Waals surface area contributed by atoms with Gasteiger partial charge in [-0.15, -0.1) is 0 Å². The SMILES string of the molecule is Cc1cc(S(=O)(=O)Nc2cccc(I)c2)cc(CO)c1F. The van der Waals surface area contributed by atoms with Gasteiger partial charge >= 0.3 is 0 Å². The van der Waals surface area contributed by atoms with Gasteiger partial charge in [-0.2, -0.15) is 0 Å². The van der Waals surface area contributed by atoms with Crippen LogP contribution in [-0.2, 0) is 16.6 Å². The third-order valence-electron chi connectivity index (χ3n) is 2.86. The molecule has 0 saturated heterocycles.